The van der Waals surface area contributed by atoms with E-state index in [-0.39, 0.29) is 17.1 Å². The molecular formula is C14H18N4O3. The maximum absolute atomic E-state index is 12.2. The fourth-order valence-corrected chi connectivity index (χ4v) is 2.11. The van der Waals surface area contributed by atoms with Gasteiger partial charge in [0.2, 0.25) is 0 Å². The number of aryl methyl sites for hydroxylation is 1. The van der Waals surface area contributed by atoms with Gasteiger partial charge in [0.25, 0.3) is 5.91 Å². The Hall–Kier alpha value is -2.57. The van der Waals surface area contributed by atoms with Crippen LogP contribution >= 0.6 is 0 Å². The van der Waals surface area contributed by atoms with E-state index >= 15 is 0 Å². The molecule has 112 valence electrons. The quantitative estimate of drug-likeness (QED) is 0.776. The maximum Gasteiger partial charge on any atom is 0.259 e. The molecule has 1 amide bonds. The molecule has 0 saturated heterocycles. The minimum Gasteiger partial charge on any atom is -0.507 e. The highest BCUT2D eigenvalue weighted by atomic mass is 16.3. The Morgan fingerprint density at radius 2 is 2.05 bits per heavy atom. The first-order valence-corrected chi connectivity index (χ1v) is 6.74. The van der Waals surface area contributed by atoms with Crippen molar-refractivity contribution in [2.45, 2.75) is 32.9 Å². The molecule has 1 heterocycles. The third-order valence-corrected chi connectivity index (χ3v) is 3.09. The van der Waals surface area contributed by atoms with Gasteiger partial charge in [-0.1, -0.05) is 13.0 Å². The number of amides is 1. The van der Waals surface area contributed by atoms with Crippen molar-refractivity contribution in [3.05, 3.63) is 35.9 Å². The second-order valence-electron chi connectivity index (χ2n) is 4.75. The summed E-state index contributed by atoms with van der Waals surface area (Å²) in [6, 6.07) is 3.76. The van der Waals surface area contributed by atoms with Crippen molar-refractivity contribution in [3.63, 3.8) is 0 Å². The maximum atomic E-state index is 12.2. The third kappa shape index (κ3) is 3.13. The molecule has 1 aromatic heterocycles. The van der Waals surface area contributed by atoms with Crippen LogP contribution in [0.4, 0.5) is 0 Å². The number of nitrogens with one attached hydrogen (secondary N) is 1. The monoisotopic (exact) mass is 290 g/mol. The van der Waals surface area contributed by atoms with Gasteiger partial charge >= 0.3 is 0 Å². The number of rotatable bonds is 5. The number of aromatic hydroxyl groups is 2. The fourth-order valence-electron chi connectivity index (χ4n) is 2.11. The van der Waals surface area contributed by atoms with Crippen LogP contribution in [-0.2, 0) is 6.54 Å². The first-order valence-electron chi connectivity index (χ1n) is 6.74. The molecular weight excluding hydrogens is 272 g/mol. The van der Waals surface area contributed by atoms with Gasteiger partial charge in [0.15, 0.2) is 5.82 Å². The lowest BCUT2D eigenvalue weighted by atomic mass is 10.1. The summed E-state index contributed by atoms with van der Waals surface area (Å²) in [5.74, 6) is -0.478. The lowest BCUT2D eigenvalue weighted by Gasteiger charge is -2.15. The van der Waals surface area contributed by atoms with Crippen molar-refractivity contribution in [2.24, 2.45) is 0 Å². The topological polar surface area (TPSA) is 100 Å². The standard InChI is InChI=1S/C14H18N4O3/c1-3-7-18-8-15-17-13(18)9(2)16-14(21)12-10(19)5-4-6-11(12)20/h4-6,8-9,19-20H,3,7H2,1-2H3,(H,16,21)/t9-/m0/s1. The van der Waals surface area contributed by atoms with E-state index in [1.54, 1.807) is 13.3 Å². The van der Waals surface area contributed by atoms with Crippen molar-refractivity contribution in [1.82, 2.24) is 20.1 Å². The van der Waals surface area contributed by atoms with Crippen LogP contribution in [-0.4, -0.2) is 30.9 Å². The number of nitrogens with zero attached hydrogens (tertiary/aromatic N) is 3. The van der Waals surface area contributed by atoms with Gasteiger partial charge in [0.1, 0.15) is 23.4 Å². The van der Waals surface area contributed by atoms with Crippen LogP contribution in [0.3, 0.4) is 0 Å². The zero-order valence-electron chi connectivity index (χ0n) is 11.9. The predicted octanol–water partition coefficient (Wildman–Crippen LogP) is 1.59. The Morgan fingerprint density at radius 3 is 2.67 bits per heavy atom. The van der Waals surface area contributed by atoms with Crippen LogP contribution in [0.2, 0.25) is 0 Å². The summed E-state index contributed by atoms with van der Waals surface area (Å²) in [4.78, 5) is 12.2. The molecule has 3 N–H and O–H groups in total. The highest BCUT2D eigenvalue weighted by Gasteiger charge is 2.20. The van der Waals surface area contributed by atoms with E-state index in [2.05, 4.69) is 15.5 Å². The van der Waals surface area contributed by atoms with Gasteiger partial charge in [-0.3, -0.25) is 4.79 Å². The Bertz CT molecular complexity index is 619. The second-order valence-corrected chi connectivity index (χ2v) is 4.75. The van der Waals surface area contributed by atoms with E-state index < -0.39 is 11.9 Å². The number of phenols is 2. The second kappa shape index (κ2) is 6.25. The Kier molecular flexibility index (Phi) is 4.42. The minimum absolute atomic E-state index is 0.147. The van der Waals surface area contributed by atoms with Gasteiger partial charge in [-0.15, -0.1) is 10.2 Å². The summed E-state index contributed by atoms with van der Waals surface area (Å²) in [5.41, 5.74) is -0.147. The molecule has 1 atom stereocenters. The number of hydrogen-bond donors (Lipinski definition) is 3. The molecule has 21 heavy (non-hydrogen) atoms. The van der Waals surface area contributed by atoms with Crippen LogP contribution in [0.1, 0.15) is 42.5 Å². The Labute approximate surface area is 122 Å². The van der Waals surface area contributed by atoms with Gasteiger partial charge in [0, 0.05) is 6.54 Å². The van der Waals surface area contributed by atoms with Crippen molar-refractivity contribution >= 4 is 5.91 Å². The summed E-state index contributed by atoms with van der Waals surface area (Å²) >= 11 is 0. The molecule has 0 aliphatic rings. The first-order chi connectivity index (χ1) is 10.0. The van der Waals surface area contributed by atoms with Gasteiger partial charge in [0.05, 0.1) is 6.04 Å². The summed E-state index contributed by atoms with van der Waals surface area (Å²) in [5, 5.41) is 29.9. The third-order valence-electron chi connectivity index (χ3n) is 3.09. The molecule has 0 bridgehead atoms. The molecule has 0 unspecified atom stereocenters. The normalized spacial score (nSPS) is 12.1. The molecule has 7 nitrogen and oxygen atoms in total. The average Bonchev–Trinajstić information content (AvgIpc) is 2.87. The van der Waals surface area contributed by atoms with Crippen LogP contribution in [0.5, 0.6) is 11.5 Å². The zero-order chi connectivity index (χ0) is 15.4. The van der Waals surface area contributed by atoms with E-state index in [0.717, 1.165) is 13.0 Å². The molecule has 0 fully saturated rings. The number of carbonyl (C=O) groups excluding carboxylic acids is 1. The smallest absolute Gasteiger partial charge is 0.259 e. The van der Waals surface area contributed by atoms with Crippen molar-refractivity contribution in [2.75, 3.05) is 0 Å². The molecule has 2 aromatic rings. The first kappa shape index (κ1) is 14.8. The lowest BCUT2D eigenvalue weighted by Crippen LogP contribution is -2.28. The van der Waals surface area contributed by atoms with E-state index in [9.17, 15) is 15.0 Å². The van der Waals surface area contributed by atoms with Crippen LogP contribution in [0.15, 0.2) is 24.5 Å². The van der Waals surface area contributed by atoms with Gasteiger partial charge in [-0.05, 0) is 25.5 Å². The van der Waals surface area contributed by atoms with Gasteiger partial charge < -0.3 is 20.1 Å². The van der Waals surface area contributed by atoms with Crippen LogP contribution in [0.25, 0.3) is 0 Å². The number of phenolic OH excluding ortho intramolecular Hbond substituents is 2. The van der Waals surface area contributed by atoms with Crippen molar-refractivity contribution < 1.29 is 15.0 Å². The van der Waals surface area contributed by atoms with E-state index in [1.165, 1.54) is 18.2 Å². The number of carbonyl (C=O) groups is 1. The lowest BCUT2D eigenvalue weighted by molar-refractivity contribution is 0.0932. The predicted molar refractivity (Wildman–Crippen MR) is 76.0 cm³/mol. The number of aromatic nitrogens is 3. The molecule has 0 radical (unpaired) electrons. The Morgan fingerprint density at radius 1 is 1.38 bits per heavy atom. The molecule has 1 aromatic carbocycles. The van der Waals surface area contributed by atoms with Gasteiger partial charge in [-0.2, -0.15) is 0 Å². The minimum atomic E-state index is -0.566. The fraction of sp³-hybridized carbons (Fsp3) is 0.357. The Balaban J connectivity index is 2.17. The van der Waals surface area contributed by atoms with Crippen molar-refractivity contribution in [3.8, 4) is 11.5 Å². The van der Waals surface area contributed by atoms with Crippen LogP contribution in [0, 0.1) is 0 Å². The SMILES string of the molecule is CCCn1cnnc1[C@H](C)NC(=O)c1c(O)cccc1O. The molecule has 7 heteroatoms. The van der Waals surface area contributed by atoms with E-state index in [1.807, 2.05) is 11.5 Å². The molecule has 0 spiro atoms. The van der Waals surface area contributed by atoms with Gasteiger partial charge in [-0.25, -0.2) is 0 Å². The number of hydrogen-bond acceptors (Lipinski definition) is 5. The average molecular weight is 290 g/mol. The molecule has 2 rings (SSSR count). The largest absolute Gasteiger partial charge is 0.507 e. The zero-order valence-corrected chi connectivity index (χ0v) is 11.9. The van der Waals surface area contributed by atoms with Crippen molar-refractivity contribution in [1.29, 1.82) is 0 Å². The highest BCUT2D eigenvalue weighted by molar-refractivity contribution is 5.99. The summed E-state index contributed by atoms with van der Waals surface area (Å²) in [6.45, 7) is 4.56. The highest BCUT2D eigenvalue weighted by Crippen LogP contribution is 2.26. The molecule has 0 aliphatic carbocycles. The van der Waals surface area contributed by atoms with E-state index in [4.69, 9.17) is 0 Å². The summed E-state index contributed by atoms with van der Waals surface area (Å²) < 4.78 is 1.86. The van der Waals surface area contributed by atoms with Crippen LogP contribution < -0.4 is 5.32 Å². The molecule has 0 aliphatic heterocycles. The summed E-state index contributed by atoms with van der Waals surface area (Å²) in [7, 11) is 0. The molecule has 0 saturated carbocycles. The summed E-state index contributed by atoms with van der Waals surface area (Å²) in [6.07, 6.45) is 2.53. The number of benzene rings is 1. The van der Waals surface area contributed by atoms with E-state index in [0.29, 0.717) is 5.82 Å².